The standard InChI is InChI=1S/C13H14N6O3/c1-2-3-5-9-16-10(21-17-9)8-19-12(18-22-13(19)20)11-14-6-4-7-15-11/h4,6-7H,2-3,5,8H2,1H3. The van der Waals surface area contributed by atoms with E-state index in [-0.39, 0.29) is 12.4 Å². The van der Waals surface area contributed by atoms with E-state index < -0.39 is 5.76 Å². The number of hydrogen-bond acceptors (Lipinski definition) is 8. The van der Waals surface area contributed by atoms with Crippen LogP contribution in [0.2, 0.25) is 0 Å². The summed E-state index contributed by atoms with van der Waals surface area (Å²) in [4.78, 5) is 24.1. The summed E-state index contributed by atoms with van der Waals surface area (Å²) in [6, 6.07) is 1.67. The average molecular weight is 302 g/mol. The Bertz CT molecular complexity index is 791. The van der Waals surface area contributed by atoms with Crippen molar-refractivity contribution in [1.82, 2.24) is 29.8 Å². The highest BCUT2D eigenvalue weighted by Crippen LogP contribution is 2.11. The summed E-state index contributed by atoms with van der Waals surface area (Å²) in [5, 5.41) is 7.58. The lowest BCUT2D eigenvalue weighted by atomic mass is 10.2. The van der Waals surface area contributed by atoms with Crippen LogP contribution in [-0.4, -0.2) is 29.8 Å². The van der Waals surface area contributed by atoms with Crippen LogP contribution in [-0.2, 0) is 13.0 Å². The SMILES string of the molecule is CCCCc1noc(Cn2c(-c3ncccn3)noc2=O)n1. The molecule has 0 N–H and O–H groups in total. The van der Waals surface area contributed by atoms with Gasteiger partial charge in [0.15, 0.2) is 11.6 Å². The van der Waals surface area contributed by atoms with Gasteiger partial charge in [0.1, 0.15) is 6.54 Å². The Morgan fingerprint density at radius 1 is 1.18 bits per heavy atom. The van der Waals surface area contributed by atoms with Crippen molar-refractivity contribution < 1.29 is 9.05 Å². The molecule has 114 valence electrons. The second-order valence-electron chi connectivity index (χ2n) is 4.64. The van der Waals surface area contributed by atoms with Gasteiger partial charge >= 0.3 is 5.76 Å². The van der Waals surface area contributed by atoms with Crippen molar-refractivity contribution in [1.29, 1.82) is 0 Å². The number of rotatable bonds is 6. The third kappa shape index (κ3) is 2.92. The lowest BCUT2D eigenvalue weighted by Gasteiger charge is -1.99. The molecule has 0 aliphatic rings. The van der Waals surface area contributed by atoms with Crippen molar-refractivity contribution in [3.8, 4) is 11.6 Å². The fraction of sp³-hybridized carbons (Fsp3) is 0.385. The molecule has 22 heavy (non-hydrogen) atoms. The predicted octanol–water partition coefficient (Wildman–Crippen LogP) is 1.07. The Balaban J connectivity index is 1.85. The summed E-state index contributed by atoms with van der Waals surface area (Å²) in [7, 11) is 0. The first kappa shape index (κ1) is 14.1. The highest BCUT2D eigenvalue weighted by Gasteiger charge is 2.18. The summed E-state index contributed by atoms with van der Waals surface area (Å²) in [6.07, 6.45) is 5.88. The van der Waals surface area contributed by atoms with Crippen LogP contribution in [0.1, 0.15) is 31.5 Å². The van der Waals surface area contributed by atoms with Gasteiger partial charge in [0.25, 0.3) is 0 Å². The number of unbranched alkanes of at least 4 members (excludes halogenated alkanes) is 1. The largest absolute Gasteiger partial charge is 0.442 e. The fourth-order valence-corrected chi connectivity index (χ4v) is 1.91. The maximum Gasteiger partial charge on any atom is 0.442 e. The number of nitrogens with zero attached hydrogens (tertiary/aromatic N) is 6. The van der Waals surface area contributed by atoms with Gasteiger partial charge in [-0.05, 0) is 12.5 Å². The third-order valence-electron chi connectivity index (χ3n) is 3.01. The predicted molar refractivity (Wildman–Crippen MR) is 73.8 cm³/mol. The van der Waals surface area contributed by atoms with Gasteiger partial charge in [0.05, 0.1) is 0 Å². The van der Waals surface area contributed by atoms with Crippen molar-refractivity contribution in [3.05, 3.63) is 40.7 Å². The molecule has 0 unspecified atom stereocenters. The molecule has 9 heteroatoms. The van der Waals surface area contributed by atoms with Crippen LogP contribution >= 0.6 is 0 Å². The minimum absolute atomic E-state index is 0.0645. The molecule has 9 nitrogen and oxygen atoms in total. The van der Waals surface area contributed by atoms with Crippen LogP contribution in [0.25, 0.3) is 11.6 Å². The molecule has 3 aromatic heterocycles. The van der Waals surface area contributed by atoms with Crippen LogP contribution in [0.3, 0.4) is 0 Å². The number of aromatic nitrogens is 6. The van der Waals surface area contributed by atoms with Crippen molar-refractivity contribution in [2.24, 2.45) is 0 Å². The smallest absolute Gasteiger partial charge is 0.337 e. The van der Waals surface area contributed by atoms with Gasteiger partial charge in [-0.15, -0.1) is 0 Å². The molecular weight excluding hydrogens is 288 g/mol. The number of hydrogen-bond donors (Lipinski definition) is 0. The zero-order valence-electron chi connectivity index (χ0n) is 12.0. The molecule has 3 heterocycles. The van der Waals surface area contributed by atoms with Crippen LogP contribution in [0.15, 0.2) is 32.3 Å². The summed E-state index contributed by atoms with van der Waals surface area (Å²) in [5.41, 5.74) is 0. The molecule has 0 amide bonds. The molecule has 0 aliphatic carbocycles. The Morgan fingerprint density at radius 3 is 2.77 bits per heavy atom. The Kier molecular flexibility index (Phi) is 4.03. The third-order valence-corrected chi connectivity index (χ3v) is 3.01. The molecule has 0 saturated carbocycles. The van der Waals surface area contributed by atoms with Crippen LogP contribution in [0.4, 0.5) is 0 Å². The minimum Gasteiger partial charge on any atom is -0.337 e. The van der Waals surface area contributed by atoms with E-state index >= 15 is 0 Å². The topological polar surface area (TPSA) is 113 Å². The molecule has 0 aromatic carbocycles. The van der Waals surface area contributed by atoms with Gasteiger partial charge in [0.2, 0.25) is 11.7 Å². The van der Waals surface area contributed by atoms with E-state index in [2.05, 4.69) is 36.7 Å². The van der Waals surface area contributed by atoms with Crippen LogP contribution < -0.4 is 5.76 Å². The Labute approximate surface area is 125 Å². The molecule has 0 aliphatic heterocycles. The molecule has 0 atom stereocenters. The average Bonchev–Trinajstić information content (AvgIpc) is 3.14. The second kappa shape index (κ2) is 6.29. The molecule has 0 saturated heterocycles. The van der Waals surface area contributed by atoms with Gasteiger partial charge in [0, 0.05) is 18.8 Å². The maximum atomic E-state index is 11.8. The van der Waals surface area contributed by atoms with Gasteiger partial charge in [-0.2, -0.15) is 4.98 Å². The normalized spacial score (nSPS) is 11.0. The van der Waals surface area contributed by atoms with E-state index in [1.54, 1.807) is 18.5 Å². The van der Waals surface area contributed by atoms with E-state index in [4.69, 9.17) is 4.52 Å². The van der Waals surface area contributed by atoms with E-state index in [0.717, 1.165) is 19.3 Å². The van der Waals surface area contributed by atoms with E-state index in [0.29, 0.717) is 17.5 Å². The summed E-state index contributed by atoms with van der Waals surface area (Å²) in [5.74, 6) is 0.821. The monoisotopic (exact) mass is 302 g/mol. The molecule has 0 spiro atoms. The molecule has 0 radical (unpaired) electrons. The quantitative estimate of drug-likeness (QED) is 0.664. The maximum absolute atomic E-state index is 11.8. The first-order chi connectivity index (χ1) is 10.8. The van der Waals surface area contributed by atoms with Crippen molar-refractivity contribution in [3.63, 3.8) is 0 Å². The van der Waals surface area contributed by atoms with E-state index in [1.807, 2.05) is 0 Å². The highest BCUT2D eigenvalue weighted by molar-refractivity contribution is 5.41. The van der Waals surface area contributed by atoms with Crippen LogP contribution in [0, 0.1) is 0 Å². The van der Waals surface area contributed by atoms with Crippen molar-refractivity contribution in [2.75, 3.05) is 0 Å². The number of aryl methyl sites for hydroxylation is 1. The van der Waals surface area contributed by atoms with E-state index in [9.17, 15) is 4.79 Å². The summed E-state index contributed by atoms with van der Waals surface area (Å²) >= 11 is 0. The fourth-order valence-electron chi connectivity index (χ4n) is 1.91. The Hall–Kier alpha value is -2.84. The molecule has 0 fully saturated rings. The zero-order valence-corrected chi connectivity index (χ0v) is 12.0. The van der Waals surface area contributed by atoms with Crippen molar-refractivity contribution >= 4 is 0 Å². The Morgan fingerprint density at radius 2 is 2.00 bits per heavy atom. The highest BCUT2D eigenvalue weighted by atomic mass is 16.5. The molecule has 3 rings (SSSR count). The van der Waals surface area contributed by atoms with Gasteiger partial charge in [-0.25, -0.2) is 19.3 Å². The molecular formula is C13H14N6O3. The minimum atomic E-state index is -0.629. The van der Waals surface area contributed by atoms with Crippen LogP contribution in [0.5, 0.6) is 0 Å². The van der Waals surface area contributed by atoms with Gasteiger partial charge in [-0.3, -0.25) is 4.52 Å². The van der Waals surface area contributed by atoms with Gasteiger partial charge in [-0.1, -0.05) is 23.7 Å². The lowest BCUT2D eigenvalue weighted by molar-refractivity contribution is 0.351. The van der Waals surface area contributed by atoms with Gasteiger partial charge < -0.3 is 4.52 Å². The summed E-state index contributed by atoms with van der Waals surface area (Å²) in [6.45, 7) is 2.15. The second-order valence-corrected chi connectivity index (χ2v) is 4.64. The molecule has 3 aromatic rings. The summed E-state index contributed by atoms with van der Waals surface area (Å²) < 4.78 is 11.1. The lowest BCUT2D eigenvalue weighted by Crippen LogP contribution is -2.17. The first-order valence-electron chi connectivity index (χ1n) is 6.93. The van der Waals surface area contributed by atoms with Crippen molar-refractivity contribution in [2.45, 2.75) is 32.7 Å². The first-order valence-corrected chi connectivity index (χ1v) is 6.93. The molecule has 0 bridgehead atoms. The van der Waals surface area contributed by atoms with E-state index in [1.165, 1.54) is 4.57 Å². The zero-order chi connectivity index (χ0) is 15.4.